The molecule has 0 atom stereocenters. The molecule has 12 heteroatoms. The summed E-state index contributed by atoms with van der Waals surface area (Å²) in [4.78, 5) is 14.6. The van der Waals surface area contributed by atoms with Crippen LogP contribution in [0.15, 0.2) is 32.4 Å². The minimum absolute atomic E-state index is 0.00881. The van der Waals surface area contributed by atoms with Gasteiger partial charge < -0.3 is 4.52 Å². The van der Waals surface area contributed by atoms with E-state index in [9.17, 15) is 13.2 Å². The predicted octanol–water partition coefficient (Wildman–Crippen LogP) is 2.27. The molecule has 0 bridgehead atoms. The Labute approximate surface area is 182 Å². The average Bonchev–Trinajstić information content (AvgIpc) is 3.10. The van der Waals surface area contributed by atoms with E-state index in [0.717, 1.165) is 0 Å². The molecule has 0 radical (unpaired) electrons. The average molecular weight is 472 g/mol. The largest absolute Gasteiger partial charge is 0.360 e. The second kappa shape index (κ2) is 7.93. The maximum atomic E-state index is 13.0. The van der Waals surface area contributed by atoms with Gasteiger partial charge >= 0.3 is 0 Å². The minimum Gasteiger partial charge on any atom is -0.360 e. The Morgan fingerprint density at radius 3 is 2.53 bits per heavy atom. The fourth-order valence-electron chi connectivity index (χ4n) is 3.55. The van der Waals surface area contributed by atoms with Gasteiger partial charge in [-0.15, -0.1) is 0 Å². The maximum Gasteiger partial charge on any atom is 0.298 e. The Morgan fingerprint density at radius 2 is 1.83 bits per heavy atom. The Kier molecular flexibility index (Phi) is 5.62. The molecule has 1 saturated heterocycles. The lowest BCUT2D eigenvalue weighted by molar-refractivity contribution is 0.143. The van der Waals surface area contributed by atoms with Gasteiger partial charge in [-0.2, -0.15) is 9.40 Å². The number of hydrogen-bond donors (Lipinski definition) is 0. The molecule has 1 aliphatic heterocycles. The Morgan fingerprint density at radius 1 is 1.13 bits per heavy atom. The van der Waals surface area contributed by atoms with E-state index in [1.807, 2.05) is 4.90 Å². The Hall–Kier alpha value is -1.98. The first-order valence-electron chi connectivity index (χ1n) is 9.20. The monoisotopic (exact) mass is 471 g/mol. The Balaban J connectivity index is 1.50. The van der Waals surface area contributed by atoms with Gasteiger partial charge in [0, 0.05) is 31.2 Å². The third-order valence-electron chi connectivity index (χ3n) is 5.11. The van der Waals surface area contributed by atoms with Crippen molar-refractivity contribution in [3.05, 3.63) is 50.1 Å². The third-order valence-corrected chi connectivity index (χ3v) is 7.72. The molecule has 1 fully saturated rings. The van der Waals surface area contributed by atoms with Crippen molar-refractivity contribution in [1.29, 1.82) is 0 Å². The quantitative estimate of drug-likeness (QED) is 0.574. The lowest BCUT2D eigenvalue weighted by Crippen LogP contribution is -2.49. The van der Waals surface area contributed by atoms with E-state index < -0.39 is 10.0 Å². The topological polar surface area (TPSA) is 102 Å². The zero-order chi connectivity index (χ0) is 21.6. The van der Waals surface area contributed by atoms with Gasteiger partial charge in [0.05, 0.1) is 22.8 Å². The first-order chi connectivity index (χ1) is 14.2. The highest BCUT2D eigenvalue weighted by Crippen LogP contribution is 2.28. The van der Waals surface area contributed by atoms with Crippen LogP contribution in [0.25, 0.3) is 10.9 Å². The van der Waals surface area contributed by atoms with Gasteiger partial charge in [0.15, 0.2) is 5.52 Å². The summed E-state index contributed by atoms with van der Waals surface area (Å²) < 4.78 is 33.7. The molecule has 1 aliphatic rings. The van der Waals surface area contributed by atoms with Crippen molar-refractivity contribution in [2.24, 2.45) is 0 Å². The van der Waals surface area contributed by atoms with E-state index >= 15 is 0 Å². The van der Waals surface area contributed by atoms with Crippen molar-refractivity contribution in [1.82, 2.24) is 24.1 Å². The van der Waals surface area contributed by atoms with Gasteiger partial charge in [-0.1, -0.05) is 28.4 Å². The molecular formula is C18H19Cl2N5O4S. The molecule has 1 aromatic carbocycles. The maximum absolute atomic E-state index is 13.0. The summed E-state index contributed by atoms with van der Waals surface area (Å²) in [6.45, 7) is 5.13. The van der Waals surface area contributed by atoms with E-state index in [1.165, 1.54) is 21.1 Å². The molecule has 3 aromatic rings. The normalized spacial score (nSPS) is 16.4. The molecule has 0 N–H and O–H groups in total. The fourth-order valence-corrected chi connectivity index (χ4v) is 5.71. The van der Waals surface area contributed by atoms with Crippen molar-refractivity contribution < 1.29 is 12.9 Å². The van der Waals surface area contributed by atoms with Gasteiger partial charge in [0.1, 0.15) is 10.7 Å². The molecule has 0 unspecified atom stereocenters. The fraction of sp³-hybridized carbons (Fsp3) is 0.389. The van der Waals surface area contributed by atoms with E-state index in [0.29, 0.717) is 35.0 Å². The Bertz CT molecular complexity index is 1280. The van der Waals surface area contributed by atoms with Crippen LogP contribution in [0, 0.1) is 13.8 Å². The smallest absolute Gasteiger partial charge is 0.298 e. The lowest BCUT2D eigenvalue weighted by atomic mass is 10.2. The van der Waals surface area contributed by atoms with Crippen LogP contribution in [0.3, 0.4) is 0 Å². The number of benzene rings is 1. The SMILES string of the molecule is Cc1nn(CN2CCN(S(=O)(=O)c3cc(Cl)ccc3Cl)CC2)c(=O)c2noc(C)c12. The van der Waals surface area contributed by atoms with Crippen molar-refractivity contribution in [3.63, 3.8) is 0 Å². The van der Waals surface area contributed by atoms with Crippen molar-refractivity contribution in [3.8, 4) is 0 Å². The van der Waals surface area contributed by atoms with Gasteiger partial charge in [-0.25, -0.2) is 13.1 Å². The second-order valence-corrected chi connectivity index (χ2v) is 9.84. The van der Waals surface area contributed by atoms with Gasteiger partial charge in [-0.3, -0.25) is 9.69 Å². The van der Waals surface area contributed by atoms with Gasteiger partial charge in [0.25, 0.3) is 5.56 Å². The highest BCUT2D eigenvalue weighted by atomic mass is 35.5. The van der Waals surface area contributed by atoms with E-state index in [-0.39, 0.29) is 40.8 Å². The van der Waals surface area contributed by atoms with Crippen molar-refractivity contribution in [2.45, 2.75) is 25.4 Å². The van der Waals surface area contributed by atoms with Crippen LogP contribution in [0.1, 0.15) is 11.5 Å². The lowest BCUT2D eigenvalue weighted by Gasteiger charge is -2.34. The first-order valence-corrected chi connectivity index (χ1v) is 11.4. The molecule has 160 valence electrons. The van der Waals surface area contributed by atoms with Crippen LogP contribution in [0.4, 0.5) is 0 Å². The van der Waals surface area contributed by atoms with Crippen molar-refractivity contribution in [2.75, 3.05) is 26.2 Å². The summed E-state index contributed by atoms with van der Waals surface area (Å²) in [5.74, 6) is 0.553. The number of aromatic nitrogens is 3. The van der Waals surface area contributed by atoms with Gasteiger partial charge in [-0.05, 0) is 32.0 Å². The molecule has 4 rings (SSSR count). The summed E-state index contributed by atoms with van der Waals surface area (Å²) in [5.41, 5.74) is 0.560. The molecule has 9 nitrogen and oxygen atoms in total. The van der Waals surface area contributed by atoms with Crippen LogP contribution in [-0.2, 0) is 16.7 Å². The number of hydrogen-bond acceptors (Lipinski definition) is 7. The second-order valence-electron chi connectivity index (χ2n) is 7.09. The third kappa shape index (κ3) is 3.74. The van der Waals surface area contributed by atoms with Crippen LogP contribution in [0.5, 0.6) is 0 Å². The molecule has 0 amide bonds. The van der Waals surface area contributed by atoms with Crippen LogP contribution < -0.4 is 5.56 Å². The number of piperazine rings is 1. The number of halogens is 2. The molecular weight excluding hydrogens is 453 g/mol. The predicted molar refractivity (Wildman–Crippen MR) is 112 cm³/mol. The van der Waals surface area contributed by atoms with Gasteiger partial charge in [0.2, 0.25) is 10.0 Å². The van der Waals surface area contributed by atoms with E-state index in [1.54, 1.807) is 19.9 Å². The molecule has 0 spiro atoms. The molecule has 0 saturated carbocycles. The number of rotatable bonds is 4. The summed E-state index contributed by atoms with van der Waals surface area (Å²) in [5, 5.41) is 9.27. The molecule has 2 aromatic heterocycles. The summed E-state index contributed by atoms with van der Waals surface area (Å²) in [7, 11) is -3.77. The number of aryl methyl sites for hydroxylation is 2. The summed E-state index contributed by atoms with van der Waals surface area (Å²) in [6, 6.07) is 4.36. The number of nitrogens with zero attached hydrogens (tertiary/aromatic N) is 5. The number of fused-ring (bicyclic) bond motifs is 1. The molecule has 0 aliphatic carbocycles. The first kappa shape index (κ1) is 21.3. The summed E-state index contributed by atoms with van der Waals surface area (Å²) >= 11 is 12.0. The zero-order valence-corrected chi connectivity index (χ0v) is 18.6. The highest BCUT2D eigenvalue weighted by Gasteiger charge is 2.30. The summed E-state index contributed by atoms with van der Waals surface area (Å²) in [6.07, 6.45) is 0. The van der Waals surface area contributed by atoms with Crippen LogP contribution in [-0.4, -0.2) is 58.7 Å². The zero-order valence-electron chi connectivity index (χ0n) is 16.3. The van der Waals surface area contributed by atoms with Crippen LogP contribution in [0.2, 0.25) is 10.0 Å². The van der Waals surface area contributed by atoms with Crippen LogP contribution >= 0.6 is 23.2 Å². The van der Waals surface area contributed by atoms with Crippen molar-refractivity contribution >= 4 is 44.1 Å². The highest BCUT2D eigenvalue weighted by molar-refractivity contribution is 7.89. The minimum atomic E-state index is -3.77. The van der Waals surface area contributed by atoms with E-state index in [2.05, 4.69) is 10.3 Å². The standard InChI is InChI=1S/C18H19Cl2N5O4S/c1-11-16-12(2)29-22-17(16)18(26)25(21-11)10-23-5-7-24(8-6-23)30(27,28)15-9-13(19)3-4-14(15)20/h3-4,9H,5-8,10H2,1-2H3. The number of sulfonamides is 1. The molecule has 3 heterocycles. The molecule has 30 heavy (non-hydrogen) atoms. The van der Waals surface area contributed by atoms with E-state index in [4.69, 9.17) is 27.7 Å².